The number of likely N-dealkylation sites (tertiary alicyclic amines) is 1. The molecule has 0 spiro atoms. The molecule has 0 radical (unpaired) electrons. The molecule has 7 heteroatoms. The van der Waals surface area contributed by atoms with Crippen molar-refractivity contribution in [1.82, 2.24) is 9.21 Å². The standard InChI is InChI=1S/C24H32N2O4S/c1-18(2)16-26-21-12-14-25(17-19-8-10-20(29-3)11-9-19)15-13-22(21)30-23-6-4-5-7-24(23)31(26,27)28/h4-11,18,21-22H,12-17H2,1-3H3/t21-,22-/m1/s1. The van der Waals surface area contributed by atoms with Crippen molar-refractivity contribution in [2.24, 2.45) is 5.92 Å². The number of ether oxygens (including phenoxy) is 2. The first-order valence-corrected chi connectivity index (χ1v) is 12.5. The molecule has 1 fully saturated rings. The number of para-hydroxylation sites is 1. The second-order valence-corrected chi connectivity index (χ2v) is 10.7. The second kappa shape index (κ2) is 9.18. The summed E-state index contributed by atoms with van der Waals surface area (Å²) in [6, 6.07) is 15.0. The van der Waals surface area contributed by atoms with Crippen LogP contribution in [0.4, 0.5) is 0 Å². The lowest BCUT2D eigenvalue weighted by molar-refractivity contribution is 0.108. The van der Waals surface area contributed by atoms with Crippen LogP contribution in [0, 0.1) is 5.92 Å². The highest BCUT2D eigenvalue weighted by atomic mass is 32.2. The third kappa shape index (κ3) is 4.73. The zero-order valence-corrected chi connectivity index (χ0v) is 19.3. The molecule has 2 aliphatic heterocycles. The minimum atomic E-state index is -3.61. The van der Waals surface area contributed by atoms with Gasteiger partial charge in [0.25, 0.3) is 0 Å². The lowest BCUT2D eigenvalue weighted by Crippen LogP contribution is -2.48. The Morgan fingerprint density at radius 1 is 1.06 bits per heavy atom. The summed E-state index contributed by atoms with van der Waals surface area (Å²) in [6.07, 6.45) is 1.39. The van der Waals surface area contributed by atoms with Crippen LogP contribution in [0.1, 0.15) is 32.3 Å². The highest BCUT2D eigenvalue weighted by Crippen LogP contribution is 2.37. The van der Waals surface area contributed by atoms with Crippen LogP contribution in [-0.4, -0.2) is 56.5 Å². The number of hydrogen-bond acceptors (Lipinski definition) is 5. The quantitative estimate of drug-likeness (QED) is 0.703. The van der Waals surface area contributed by atoms with Gasteiger partial charge in [0.2, 0.25) is 10.0 Å². The predicted molar refractivity (Wildman–Crippen MR) is 121 cm³/mol. The Kier molecular flexibility index (Phi) is 6.55. The number of rotatable bonds is 5. The molecule has 0 unspecified atom stereocenters. The van der Waals surface area contributed by atoms with Crippen LogP contribution >= 0.6 is 0 Å². The van der Waals surface area contributed by atoms with E-state index in [1.807, 2.05) is 18.2 Å². The van der Waals surface area contributed by atoms with E-state index in [9.17, 15) is 8.42 Å². The van der Waals surface area contributed by atoms with Crippen molar-refractivity contribution in [3.8, 4) is 11.5 Å². The highest BCUT2D eigenvalue weighted by molar-refractivity contribution is 7.89. The van der Waals surface area contributed by atoms with Gasteiger partial charge in [0.15, 0.2) is 0 Å². The largest absolute Gasteiger partial charge is 0.497 e. The summed E-state index contributed by atoms with van der Waals surface area (Å²) in [6.45, 7) is 7.16. The van der Waals surface area contributed by atoms with Gasteiger partial charge in [0.1, 0.15) is 22.5 Å². The number of benzene rings is 2. The van der Waals surface area contributed by atoms with Gasteiger partial charge in [-0.1, -0.05) is 38.1 Å². The van der Waals surface area contributed by atoms with E-state index >= 15 is 0 Å². The number of hydrogen-bond donors (Lipinski definition) is 0. The van der Waals surface area contributed by atoms with E-state index in [-0.39, 0.29) is 18.1 Å². The number of nitrogens with zero attached hydrogens (tertiary/aromatic N) is 2. The highest BCUT2D eigenvalue weighted by Gasteiger charge is 2.43. The number of sulfonamides is 1. The summed E-state index contributed by atoms with van der Waals surface area (Å²) in [4.78, 5) is 2.69. The van der Waals surface area contributed by atoms with Gasteiger partial charge < -0.3 is 9.47 Å². The van der Waals surface area contributed by atoms with Gasteiger partial charge in [-0.15, -0.1) is 0 Å². The van der Waals surface area contributed by atoms with E-state index < -0.39 is 10.0 Å². The van der Waals surface area contributed by atoms with Gasteiger partial charge in [0, 0.05) is 26.2 Å². The van der Waals surface area contributed by atoms with E-state index in [2.05, 4.69) is 30.9 Å². The maximum absolute atomic E-state index is 13.6. The molecule has 0 aliphatic carbocycles. The van der Waals surface area contributed by atoms with E-state index in [0.29, 0.717) is 17.2 Å². The van der Waals surface area contributed by atoms with E-state index in [0.717, 1.165) is 38.2 Å². The van der Waals surface area contributed by atoms with Gasteiger partial charge in [0.05, 0.1) is 13.2 Å². The van der Waals surface area contributed by atoms with Crippen molar-refractivity contribution >= 4 is 10.0 Å². The molecule has 0 bridgehead atoms. The molecule has 0 N–H and O–H groups in total. The molecule has 2 aliphatic rings. The molecule has 31 heavy (non-hydrogen) atoms. The van der Waals surface area contributed by atoms with Gasteiger partial charge >= 0.3 is 0 Å². The van der Waals surface area contributed by atoms with Crippen molar-refractivity contribution in [3.05, 3.63) is 54.1 Å². The Hall–Kier alpha value is -2.09. The van der Waals surface area contributed by atoms with Crippen molar-refractivity contribution < 1.29 is 17.9 Å². The Labute approximate surface area is 185 Å². The van der Waals surface area contributed by atoms with Gasteiger partial charge in [-0.05, 0) is 48.6 Å². The SMILES string of the molecule is COc1ccc(CN2CC[C@@H]3[C@@H](CC2)Oc2ccccc2S(=O)(=O)N3CC(C)C)cc1. The van der Waals surface area contributed by atoms with Crippen molar-refractivity contribution in [2.75, 3.05) is 26.7 Å². The number of methoxy groups -OCH3 is 1. The van der Waals surface area contributed by atoms with Gasteiger partial charge in [-0.3, -0.25) is 4.90 Å². The first-order chi connectivity index (χ1) is 14.9. The summed E-state index contributed by atoms with van der Waals surface area (Å²) >= 11 is 0. The molecule has 168 valence electrons. The third-order valence-corrected chi connectivity index (χ3v) is 8.02. The molecular weight excluding hydrogens is 412 g/mol. The summed E-state index contributed by atoms with van der Waals surface area (Å²) in [5.74, 6) is 1.56. The van der Waals surface area contributed by atoms with Gasteiger partial charge in [-0.25, -0.2) is 8.42 Å². The Bertz CT molecular complexity index is 991. The fourth-order valence-electron chi connectivity index (χ4n) is 4.55. The number of fused-ring (bicyclic) bond motifs is 2. The molecule has 0 saturated carbocycles. The normalized spacial score (nSPS) is 23.9. The monoisotopic (exact) mass is 444 g/mol. The van der Waals surface area contributed by atoms with Crippen LogP contribution in [0.3, 0.4) is 0 Å². The molecule has 4 rings (SSSR count). The Morgan fingerprint density at radius 2 is 1.77 bits per heavy atom. The lowest BCUT2D eigenvalue weighted by Gasteiger charge is -2.32. The van der Waals surface area contributed by atoms with Crippen LogP contribution in [0.25, 0.3) is 0 Å². The summed E-state index contributed by atoms with van der Waals surface area (Å²) < 4.78 is 40.5. The molecule has 0 aromatic heterocycles. The molecule has 2 heterocycles. The lowest BCUT2D eigenvalue weighted by atomic mass is 10.0. The fraction of sp³-hybridized carbons (Fsp3) is 0.500. The second-order valence-electron chi connectivity index (χ2n) is 8.84. The van der Waals surface area contributed by atoms with Crippen molar-refractivity contribution in [2.45, 2.75) is 50.3 Å². The van der Waals surface area contributed by atoms with Crippen LogP contribution in [0.2, 0.25) is 0 Å². The maximum atomic E-state index is 13.6. The predicted octanol–water partition coefficient (Wildman–Crippen LogP) is 3.77. The maximum Gasteiger partial charge on any atom is 0.247 e. The van der Waals surface area contributed by atoms with E-state index in [4.69, 9.17) is 9.47 Å². The van der Waals surface area contributed by atoms with E-state index in [1.165, 1.54) is 5.56 Å². The minimum absolute atomic E-state index is 0.155. The van der Waals surface area contributed by atoms with Crippen molar-refractivity contribution in [3.63, 3.8) is 0 Å². The summed E-state index contributed by atoms with van der Waals surface area (Å²) in [5.41, 5.74) is 1.22. The summed E-state index contributed by atoms with van der Waals surface area (Å²) in [5, 5.41) is 0. The summed E-state index contributed by atoms with van der Waals surface area (Å²) in [7, 11) is -1.94. The molecule has 2 atom stereocenters. The Balaban J connectivity index is 1.59. The molecule has 1 saturated heterocycles. The molecular formula is C24H32N2O4S. The van der Waals surface area contributed by atoms with Crippen LogP contribution < -0.4 is 9.47 Å². The van der Waals surface area contributed by atoms with Crippen LogP contribution in [-0.2, 0) is 16.6 Å². The van der Waals surface area contributed by atoms with Gasteiger partial charge in [-0.2, -0.15) is 4.31 Å². The third-order valence-electron chi connectivity index (χ3n) is 6.09. The molecule has 6 nitrogen and oxygen atoms in total. The molecule has 2 aromatic rings. The van der Waals surface area contributed by atoms with Crippen LogP contribution in [0.15, 0.2) is 53.4 Å². The average Bonchev–Trinajstić information content (AvgIpc) is 2.99. The van der Waals surface area contributed by atoms with Crippen molar-refractivity contribution in [1.29, 1.82) is 0 Å². The smallest absolute Gasteiger partial charge is 0.247 e. The first kappa shape index (κ1) is 22.1. The van der Waals surface area contributed by atoms with E-state index in [1.54, 1.807) is 29.6 Å². The minimum Gasteiger partial charge on any atom is -0.497 e. The first-order valence-electron chi connectivity index (χ1n) is 11.0. The molecule has 0 amide bonds. The topological polar surface area (TPSA) is 59.1 Å². The Morgan fingerprint density at radius 3 is 2.48 bits per heavy atom. The zero-order valence-electron chi connectivity index (χ0n) is 18.5. The molecule has 2 aromatic carbocycles. The van der Waals surface area contributed by atoms with Crippen LogP contribution in [0.5, 0.6) is 11.5 Å². The fourth-order valence-corrected chi connectivity index (χ4v) is 6.52. The average molecular weight is 445 g/mol. The zero-order chi connectivity index (χ0) is 22.0.